The molecule has 22 heavy (non-hydrogen) atoms. The SMILES string of the molecule is NCCCc1nc2c(N)ncnc2n1[C@H]1C[C@H](O)[C@@H](CO)O1. The number of fused-ring (bicyclic) bond motifs is 1. The van der Waals surface area contributed by atoms with E-state index in [0.29, 0.717) is 36.4 Å². The summed E-state index contributed by atoms with van der Waals surface area (Å²) in [7, 11) is 0. The Kier molecular flexibility index (Phi) is 4.21. The molecular weight excluding hydrogens is 288 g/mol. The molecule has 9 heteroatoms. The number of anilines is 1. The average Bonchev–Trinajstić information content (AvgIpc) is 3.06. The second kappa shape index (κ2) is 6.13. The Labute approximate surface area is 126 Å². The molecule has 0 saturated carbocycles. The normalized spacial score (nSPS) is 25.1. The van der Waals surface area contributed by atoms with E-state index in [1.165, 1.54) is 6.33 Å². The molecular formula is C13H20N6O3. The number of aliphatic hydroxyl groups excluding tert-OH is 2. The van der Waals surface area contributed by atoms with Crippen molar-refractivity contribution in [2.45, 2.75) is 37.7 Å². The number of rotatable bonds is 5. The minimum Gasteiger partial charge on any atom is -0.394 e. The largest absolute Gasteiger partial charge is 0.394 e. The van der Waals surface area contributed by atoms with E-state index in [4.69, 9.17) is 16.2 Å². The maximum Gasteiger partial charge on any atom is 0.167 e. The predicted octanol–water partition coefficient (Wildman–Crippen LogP) is -1.06. The topological polar surface area (TPSA) is 145 Å². The van der Waals surface area contributed by atoms with Crippen molar-refractivity contribution in [1.82, 2.24) is 19.5 Å². The van der Waals surface area contributed by atoms with E-state index in [2.05, 4.69) is 15.0 Å². The first-order valence-electron chi connectivity index (χ1n) is 7.27. The highest BCUT2D eigenvalue weighted by atomic mass is 16.5. The Morgan fingerprint density at radius 1 is 1.41 bits per heavy atom. The summed E-state index contributed by atoms with van der Waals surface area (Å²) < 4.78 is 7.55. The van der Waals surface area contributed by atoms with Crippen molar-refractivity contribution in [3.63, 3.8) is 0 Å². The number of nitrogens with two attached hydrogens (primary N) is 2. The molecule has 0 aromatic carbocycles. The molecule has 0 radical (unpaired) electrons. The van der Waals surface area contributed by atoms with Crippen LogP contribution in [0, 0.1) is 0 Å². The zero-order chi connectivity index (χ0) is 15.7. The third-order valence-electron chi connectivity index (χ3n) is 3.85. The van der Waals surface area contributed by atoms with Gasteiger partial charge < -0.3 is 26.4 Å². The number of nitrogens with zero attached hydrogens (tertiary/aromatic N) is 4. The Morgan fingerprint density at radius 2 is 2.23 bits per heavy atom. The maximum absolute atomic E-state index is 9.96. The second-order valence-electron chi connectivity index (χ2n) is 5.34. The van der Waals surface area contributed by atoms with E-state index >= 15 is 0 Å². The van der Waals surface area contributed by atoms with Crippen LogP contribution in [0.5, 0.6) is 0 Å². The van der Waals surface area contributed by atoms with Gasteiger partial charge in [0, 0.05) is 12.8 Å². The van der Waals surface area contributed by atoms with Gasteiger partial charge in [0.25, 0.3) is 0 Å². The van der Waals surface area contributed by atoms with E-state index in [0.717, 1.165) is 12.2 Å². The molecule has 0 aliphatic carbocycles. The number of nitrogen functional groups attached to an aromatic ring is 1. The van der Waals surface area contributed by atoms with Gasteiger partial charge >= 0.3 is 0 Å². The molecule has 0 unspecified atom stereocenters. The molecule has 3 heterocycles. The quantitative estimate of drug-likeness (QED) is 0.547. The fourth-order valence-corrected chi connectivity index (χ4v) is 2.75. The number of aryl methyl sites for hydroxylation is 1. The Bertz CT molecular complexity index is 661. The van der Waals surface area contributed by atoms with Crippen LogP contribution in [0.3, 0.4) is 0 Å². The number of imidazole rings is 1. The lowest BCUT2D eigenvalue weighted by atomic mass is 10.2. The summed E-state index contributed by atoms with van der Waals surface area (Å²) in [6.07, 6.45) is 1.35. The lowest BCUT2D eigenvalue weighted by Crippen LogP contribution is -2.24. The smallest absolute Gasteiger partial charge is 0.167 e. The van der Waals surface area contributed by atoms with Crippen molar-refractivity contribution in [3.8, 4) is 0 Å². The first-order chi connectivity index (χ1) is 10.7. The zero-order valence-corrected chi connectivity index (χ0v) is 12.1. The molecule has 9 nitrogen and oxygen atoms in total. The fourth-order valence-electron chi connectivity index (χ4n) is 2.75. The van der Waals surface area contributed by atoms with Gasteiger partial charge in [0.15, 0.2) is 17.0 Å². The Hall–Kier alpha value is -1.81. The third-order valence-corrected chi connectivity index (χ3v) is 3.85. The minimum atomic E-state index is -0.728. The summed E-state index contributed by atoms with van der Waals surface area (Å²) >= 11 is 0. The molecule has 3 atom stereocenters. The standard InChI is InChI=1S/C13H20N6O3/c14-3-1-2-9-18-11-12(15)16-6-17-13(11)19(9)10-4-7(21)8(5-20)22-10/h6-8,10,20-21H,1-5,14H2,(H2,15,16,17)/t7-,8+,10+/m0/s1. The van der Waals surface area contributed by atoms with E-state index in [1.807, 2.05) is 4.57 Å². The summed E-state index contributed by atoms with van der Waals surface area (Å²) in [4.78, 5) is 12.7. The van der Waals surface area contributed by atoms with Crippen molar-refractivity contribution in [2.24, 2.45) is 5.73 Å². The monoisotopic (exact) mass is 308 g/mol. The molecule has 0 spiro atoms. The lowest BCUT2D eigenvalue weighted by molar-refractivity contribution is -0.0440. The lowest BCUT2D eigenvalue weighted by Gasteiger charge is -2.16. The molecule has 1 aliphatic rings. The first kappa shape index (κ1) is 15.1. The van der Waals surface area contributed by atoms with Crippen molar-refractivity contribution in [3.05, 3.63) is 12.2 Å². The average molecular weight is 308 g/mol. The van der Waals surface area contributed by atoms with Gasteiger partial charge in [-0.3, -0.25) is 4.57 Å². The number of ether oxygens (including phenoxy) is 1. The van der Waals surface area contributed by atoms with Crippen LogP contribution >= 0.6 is 0 Å². The van der Waals surface area contributed by atoms with Gasteiger partial charge in [0.05, 0.1) is 12.7 Å². The maximum atomic E-state index is 9.96. The molecule has 2 aromatic rings. The van der Waals surface area contributed by atoms with E-state index in [9.17, 15) is 10.2 Å². The summed E-state index contributed by atoms with van der Waals surface area (Å²) in [5, 5.41) is 19.2. The molecule has 1 fully saturated rings. The molecule has 3 rings (SSSR count). The van der Waals surface area contributed by atoms with Crippen LogP contribution in [0.25, 0.3) is 11.2 Å². The summed E-state index contributed by atoms with van der Waals surface area (Å²) in [5.74, 6) is 1.04. The van der Waals surface area contributed by atoms with E-state index in [-0.39, 0.29) is 6.61 Å². The van der Waals surface area contributed by atoms with Gasteiger partial charge in [-0.05, 0) is 13.0 Å². The third kappa shape index (κ3) is 2.52. The van der Waals surface area contributed by atoms with Gasteiger partial charge in [-0.2, -0.15) is 0 Å². The molecule has 0 bridgehead atoms. The molecule has 1 aliphatic heterocycles. The number of hydrogen-bond donors (Lipinski definition) is 4. The van der Waals surface area contributed by atoms with Gasteiger partial charge in [-0.1, -0.05) is 0 Å². The molecule has 2 aromatic heterocycles. The molecule has 1 saturated heterocycles. The van der Waals surface area contributed by atoms with Crippen LogP contribution in [-0.4, -0.2) is 55.1 Å². The summed E-state index contributed by atoms with van der Waals surface area (Å²) in [5.41, 5.74) is 12.5. The summed E-state index contributed by atoms with van der Waals surface area (Å²) in [6, 6.07) is 0. The second-order valence-corrected chi connectivity index (χ2v) is 5.34. The minimum absolute atomic E-state index is 0.237. The van der Waals surface area contributed by atoms with Crippen molar-refractivity contribution in [1.29, 1.82) is 0 Å². The molecule has 120 valence electrons. The first-order valence-corrected chi connectivity index (χ1v) is 7.27. The van der Waals surface area contributed by atoms with Crippen LogP contribution in [0.1, 0.15) is 24.9 Å². The van der Waals surface area contributed by atoms with Gasteiger partial charge in [-0.15, -0.1) is 0 Å². The zero-order valence-electron chi connectivity index (χ0n) is 12.1. The van der Waals surface area contributed by atoms with Crippen molar-refractivity contribution >= 4 is 17.0 Å². The van der Waals surface area contributed by atoms with Crippen LogP contribution in [-0.2, 0) is 11.2 Å². The number of aromatic nitrogens is 4. The van der Waals surface area contributed by atoms with Gasteiger partial charge in [0.2, 0.25) is 0 Å². The van der Waals surface area contributed by atoms with E-state index < -0.39 is 18.4 Å². The number of aliphatic hydroxyl groups is 2. The van der Waals surface area contributed by atoms with Crippen molar-refractivity contribution in [2.75, 3.05) is 18.9 Å². The number of hydrogen-bond acceptors (Lipinski definition) is 8. The highest BCUT2D eigenvalue weighted by molar-refractivity contribution is 5.81. The van der Waals surface area contributed by atoms with Gasteiger partial charge in [-0.25, -0.2) is 15.0 Å². The van der Waals surface area contributed by atoms with Crippen LogP contribution in [0.15, 0.2) is 6.33 Å². The van der Waals surface area contributed by atoms with Crippen LogP contribution in [0.4, 0.5) is 5.82 Å². The summed E-state index contributed by atoms with van der Waals surface area (Å²) in [6.45, 7) is 0.303. The van der Waals surface area contributed by atoms with Crippen LogP contribution < -0.4 is 11.5 Å². The van der Waals surface area contributed by atoms with E-state index in [1.54, 1.807) is 0 Å². The molecule has 6 N–H and O–H groups in total. The predicted molar refractivity (Wildman–Crippen MR) is 78.7 cm³/mol. The highest BCUT2D eigenvalue weighted by Crippen LogP contribution is 2.33. The van der Waals surface area contributed by atoms with Crippen LogP contribution in [0.2, 0.25) is 0 Å². The Morgan fingerprint density at radius 3 is 2.91 bits per heavy atom. The van der Waals surface area contributed by atoms with Gasteiger partial charge in [0.1, 0.15) is 24.5 Å². The molecule has 0 amide bonds. The highest BCUT2D eigenvalue weighted by Gasteiger charge is 2.36. The fraction of sp³-hybridized carbons (Fsp3) is 0.615. The van der Waals surface area contributed by atoms with Crippen molar-refractivity contribution < 1.29 is 14.9 Å². The Balaban J connectivity index is 2.04.